The van der Waals surface area contributed by atoms with E-state index in [0.29, 0.717) is 12.3 Å². The summed E-state index contributed by atoms with van der Waals surface area (Å²) in [5, 5.41) is 8.11. The van der Waals surface area contributed by atoms with Gasteiger partial charge in [0.1, 0.15) is 0 Å². The number of aromatic nitrogens is 1. The van der Waals surface area contributed by atoms with Crippen LogP contribution in [0.15, 0.2) is 58.9 Å². The van der Waals surface area contributed by atoms with E-state index in [2.05, 4.69) is 15.2 Å². The predicted octanol–water partition coefficient (Wildman–Crippen LogP) is 3.71. The Morgan fingerprint density at radius 3 is 2.86 bits per heavy atom. The fourth-order valence-corrected chi connectivity index (χ4v) is 1.90. The van der Waals surface area contributed by atoms with E-state index in [1.807, 2.05) is 42.5 Å². The summed E-state index contributed by atoms with van der Waals surface area (Å²) in [4.78, 5) is 15.8. The highest BCUT2D eigenvalue weighted by Crippen LogP contribution is 2.17. The van der Waals surface area contributed by atoms with Crippen LogP contribution in [0.2, 0.25) is 0 Å². The lowest BCUT2D eigenvalue weighted by atomic mass is 10.1. The number of ether oxygens (including phenoxy) is 1. The maximum Gasteiger partial charge on any atom is 0.332 e. The van der Waals surface area contributed by atoms with Crippen molar-refractivity contribution in [3.05, 3.63) is 59.9 Å². The first-order valence-corrected chi connectivity index (χ1v) is 7.25. The molecule has 0 radical (unpaired) electrons. The lowest BCUT2D eigenvalue weighted by molar-refractivity contribution is -0.144. The zero-order valence-corrected chi connectivity index (χ0v) is 12.8. The molecule has 114 valence electrons. The molecule has 0 aliphatic rings. The Bertz CT molecular complexity index is 641. The van der Waals surface area contributed by atoms with Crippen molar-refractivity contribution in [1.29, 1.82) is 0 Å². The van der Waals surface area contributed by atoms with Crippen molar-refractivity contribution < 1.29 is 9.53 Å². The Labute approximate surface area is 130 Å². The van der Waals surface area contributed by atoms with E-state index in [0.717, 1.165) is 17.7 Å². The third-order valence-electron chi connectivity index (χ3n) is 3.00. The van der Waals surface area contributed by atoms with Crippen molar-refractivity contribution in [1.82, 2.24) is 4.98 Å². The highest BCUT2D eigenvalue weighted by Gasteiger charge is 2.12. The molecule has 1 aromatic heterocycles. The van der Waals surface area contributed by atoms with E-state index in [9.17, 15) is 4.79 Å². The topological polar surface area (TPSA) is 63.9 Å². The quantitative estimate of drug-likeness (QED) is 0.603. The number of pyridine rings is 1. The molecule has 0 saturated carbocycles. The van der Waals surface area contributed by atoms with Crippen LogP contribution in [0.25, 0.3) is 0 Å². The van der Waals surface area contributed by atoms with Gasteiger partial charge in [-0.1, -0.05) is 18.2 Å². The zero-order chi connectivity index (χ0) is 15.8. The number of benzene rings is 1. The molecule has 0 aliphatic heterocycles. The van der Waals surface area contributed by atoms with Crippen LogP contribution in [-0.4, -0.2) is 23.6 Å². The van der Waals surface area contributed by atoms with Crippen molar-refractivity contribution in [2.75, 3.05) is 6.61 Å². The van der Waals surface area contributed by atoms with Crippen LogP contribution in [0.4, 0.5) is 5.69 Å². The van der Waals surface area contributed by atoms with Gasteiger partial charge in [-0.3, -0.25) is 4.98 Å². The van der Waals surface area contributed by atoms with Crippen LogP contribution in [0, 0.1) is 0 Å². The highest BCUT2D eigenvalue weighted by molar-refractivity contribution is 5.75. The van der Waals surface area contributed by atoms with Gasteiger partial charge in [-0.2, -0.15) is 10.2 Å². The van der Waals surface area contributed by atoms with Gasteiger partial charge >= 0.3 is 5.97 Å². The smallest absolute Gasteiger partial charge is 0.332 e. The Hall–Kier alpha value is -2.56. The maximum atomic E-state index is 11.5. The summed E-state index contributed by atoms with van der Waals surface area (Å²) < 4.78 is 4.89. The van der Waals surface area contributed by atoms with E-state index in [-0.39, 0.29) is 5.97 Å². The molecule has 5 nitrogen and oxygen atoms in total. The molecule has 0 aliphatic carbocycles. The summed E-state index contributed by atoms with van der Waals surface area (Å²) in [5.74, 6) is -0.365. The first-order chi connectivity index (χ1) is 10.7. The Balaban J connectivity index is 2.04. The van der Waals surface area contributed by atoms with E-state index in [4.69, 9.17) is 4.74 Å². The Morgan fingerprint density at radius 1 is 1.27 bits per heavy atom. The third-order valence-corrected chi connectivity index (χ3v) is 3.00. The van der Waals surface area contributed by atoms with Crippen LogP contribution < -0.4 is 0 Å². The van der Waals surface area contributed by atoms with Gasteiger partial charge in [-0.15, -0.1) is 0 Å². The monoisotopic (exact) mass is 297 g/mol. The van der Waals surface area contributed by atoms with E-state index < -0.39 is 6.04 Å². The first-order valence-electron chi connectivity index (χ1n) is 7.25. The molecule has 1 unspecified atom stereocenters. The predicted molar refractivity (Wildman–Crippen MR) is 84.1 cm³/mol. The summed E-state index contributed by atoms with van der Waals surface area (Å²) in [6.07, 6.45) is 2.51. The van der Waals surface area contributed by atoms with Gasteiger partial charge in [0.15, 0.2) is 6.04 Å². The van der Waals surface area contributed by atoms with Crippen molar-refractivity contribution in [3.63, 3.8) is 0 Å². The van der Waals surface area contributed by atoms with Crippen molar-refractivity contribution >= 4 is 11.7 Å². The number of carbonyl (C=O) groups excluding carboxylic acids is 1. The summed E-state index contributed by atoms with van der Waals surface area (Å²) >= 11 is 0. The van der Waals surface area contributed by atoms with Gasteiger partial charge in [0.2, 0.25) is 0 Å². The standard InChI is InChI=1S/C17H19N3O2/c1-3-22-17(21)13(2)19-20-16-9-6-7-14(12-16)11-15-8-4-5-10-18-15/h4-10,12-13H,3,11H2,1-2H3. The number of carbonyl (C=O) groups is 1. The second kappa shape index (κ2) is 8.02. The molecule has 0 N–H and O–H groups in total. The summed E-state index contributed by atoms with van der Waals surface area (Å²) in [6.45, 7) is 3.78. The fraction of sp³-hybridized carbons (Fsp3) is 0.294. The average molecular weight is 297 g/mol. The number of nitrogens with zero attached hydrogens (tertiary/aromatic N) is 3. The molecule has 0 bridgehead atoms. The van der Waals surface area contributed by atoms with Crippen LogP contribution in [0.1, 0.15) is 25.1 Å². The maximum absolute atomic E-state index is 11.5. The van der Waals surface area contributed by atoms with Crippen LogP contribution in [0.5, 0.6) is 0 Å². The molecule has 1 aromatic carbocycles. The minimum absolute atomic E-state index is 0.345. The van der Waals surface area contributed by atoms with Gasteiger partial charge in [-0.25, -0.2) is 4.79 Å². The number of hydrogen-bond acceptors (Lipinski definition) is 5. The number of esters is 1. The molecule has 0 amide bonds. The lowest BCUT2D eigenvalue weighted by Crippen LogP contribution is -2.17. The van der Waals surface area contributed by atoms with Crippen molar-refractivity contribution in [2.45, 2.75) is 26.3 Å². The van der Waals surface area contributed by atoms with Gasteiger partial charge in [0.05, 0.1) is 12.3 Å². The fourth-order valence-electron chi connectivity index (χ4n) is 1.90. The first kappa shape index (κ1) is 15.8. The van der Waals surface area contributed by atoms with Gasteiger partial charge in [0.25, 0.3) is 0 Å². The minimum Gasteiger partial charge on any atom is -0.464 e. The van der Waals surface area contributed by atoms with E-state index in [1.54, 1.807) is 20.0 Å². The lowest BCUT2D eigenvalue weighted by Gasteiger charge is -2.04. The van der Waals surface area contributed by atoms with Crippen LogP contribution >= 0.6 is 0 Å². The van der Waals surface area contributed by atoms with Crippen molar-refractivity contribution in [2.24, 2.45) is 10.2 Å². The number of rotatable bonds is 6. The molecule has 5 heteroatoms. The van der Waals surface area contributed by atoms with Gasteiger partial charge < -0.3 is 4.74 Å². The Morgan fingerprint density at radius 2 is 2.14 bits per heavy atom. The molecule has 1 heterocycles. The summed E-state index contributed by atoms with van der Waals surface area (Å²) in [5.41, 5.74) is 2.81. The largest absolute Gasteiger partial charge is 0.464 e. The molecule has 2 aromatic rings. The molecular formula is C17H19N3O2. The van der Waals surface area contributed by atoms with Gasteiger partial charge in [-0.05, 0) is 43.7 Å². The van der Waals surface area contributed by atoms with E-state index in [1.165, 1.54) is 0 Å². The van der Waals surface area contributed by atoms with Crippen LogP contribution in [-0.2, 0) is 16.0 Å². The molecule has 0 spiro atoms. The van der Waals surface area contributed by atoms with Crippen molar-refractivity contribution in [3.8, 4) is 0 Å². The van der Waals surface area contributed by atoms with E-state index >= 15 is 0 Å². The van der Waals surface area contributed by atoms with Crippen LogP contribution in [0.3, 0.4) is 0 Å². The van der Waals surface area contributed by atoms with Gasteiger partial charge in [0, 0.05) is 18.3 Å². The SMILES string of the molecule is CCOC(=O)C(C)N=Nc1cccc(Cc2ccccn2)c1. The third kappa shape index (κ3) is 4.77. The summed E-state index contributed by atoms with van der Waals surface area (Å²) in [7, 11) is 0. The Kier molecular flexibility index (Phi) is 5.77. The highest BCUT2D eigenvalue weighted by atomic mass is 16.5. The number of hydrogen-bond donors (Lipinski definition) is 0. The zero-order valence-electron chi connectivity index (χ0n) is 12.8. The minimum atomic E-state index is -0.598. The second-order valence-corrected chi connectivity index (χ2v) is 4.81. The summed E-state index contributed by atoms with van der Waals surface area (Å²) in [6, 6.07) is 13.0. The molecule has 1 atom stereocenters. The number of azo groups is 1. The normalized spacial score (nSPS) is 12.3. The second-order valence-electron chi connectivity index (χ2n) is 4.81. The molecule has 22 heavy (non-hydrogen) atoms. The molecule has 0 fully saturated rings. The molecular weight excluding hydrogens is 278 g/mol. The molecule has 2 rings (SSSR count). The molecule has 0 saturated heterocycles. The average Bonchev–Trinajstić information content (AvgIpc) is 2.54.